The third-order valence-electron chi connectivity index (χ3n) is 4.18. The Morgan fingerprint density at radius 1 is 0.905 bits per heavy atom. The van der Waals surface area contributed by atoms with E-state index >= 15 is 0 Å². The highest BCUT2D eigenvalue weighted by Gasteiger charge is 2.16. The molecule has 21 heavy (non-hydrogen) atoms. The van der Waals surface area contributed by atoms with Crippen molar-refractivity contribution in [3.05, 3.63) is 0 Å². The van der Waals surface area contributed by atoms with Gasteiger partial charge in [0.25, 0.3) is 0 Å². The average Bonchev–Trinajstić information content (AvgIpc) is 2.44. The molecule has 0 aliphatic carbocycles. The minimum absolute atomic E-state index is 0.0961. The second-order valence-corrected chi connectivity index (χ2v) is 5.99. The molecule has 2 unspecified atom stereocenters. The number of hydrogen-bond donors (Lipinski definition) is 0. The van der Waals surface area contributed by atoms with E-state index in [1.54, 1.807) is 0 Å². The summed E-state index contributed by atoms with van der Waals surface area (Å²) in [5, 5.41) is 21.5. The van der Waals surface area contributed by atoms with E-state index in [1.807, 2.05) is 0 Å². The molecule has 0 aromatic carbocycles. The van der Waals surface area contributed by atoms with Gasteiger partial charge in [-0.2, -0.15) is 0 Å². The van der Waals surface area contributed by atoms with Gasteiger partial charge in [-0.15, -0.1) is 0 Å². The monoisotopic (exact) mass is 298 g/mol. The molecule has 0 aliphatic rings. The fourth-order valence-electron chi connectivity index (χ4n) is 2.73. The molecule has 0 saturated heterocycles. The lowest BCUT2D eigenvalue weighted by molar-refractivity contribution is -0.312. The van der Waals surface area contributed by atoms with Gasteiger partial charge in [-0.1, -0.05) is 58.8 Å². The Morgan fingerprint density at radius 2 is 1.57 bits per heavy atom. The van der Waals surface area contributed by atoms with Crippen LogP contribution in [0.2, 0.25) is 0 Å². The lowest BCUT2D eigenvalue weighted by atomic mass is 9.86. The summed E-state index contributed by atoms with van der Waals surface area (Å²) in [6, 6.07) is 0. The van der Waals surface area contributed by atoms with E-state index in [4.69, 9.17) is 0 Å². The maximum Gasteiger partial charge on any atom is 0.0445 e. The van der Waals surface area contributed by atoms with E-state index in [1.165, 1.54) is 0 Å². The van der Waals surface area contributed by atoms with Crippen LogP contribution in [0.3, 0.4) is 0 Å². The van der Waals surface area contributed by atoms with Gasteiger partial charge >= 0.3 is 0 Å². The lowest BCUT2D eigenvalue weighted by Crippen LogP contribution is -2.32. The van der Waals surface area contributed by atoms with Crippen LogP contribution in [0.4, 0.5) is 0 Å². The summed E-state index contributed by atoms with van der Waals surface area (Å²) in [7, 11) is 0. The molecule has 0 N–H and O–H groups in total. The average molecular weight is 298 g/mol. The topological polar surface area (TPSA) is 80.3 Å². The predicted molar refractivity (Wildman–Crippen MR) is 79.1 cm³/mol. The lowest BCUT2D eigenvalue weighted by Gasteiger charge is -2.23. The number of carboxylic acids is 2. The zero-order chi connectivity index (χ0) is 16.1. The quantitative estimate of drug-likeness (QED) is 0.460. The molecule has 0 rings (SSSR count). The number of carbonyl (C=O) groups excluding carboxylic acids is 2. The van der Waals surface area contributed by atoms with Crippen LogP contribution in [0, 0.1) is 11.8 Å². The summed E-state index contributed by atoms with van der Waals surface area (Å²) in [5.74, 6) is -1.82. The summed E-state index contributed by atoms with van der Waals surface area (Å²) >= 11 is 0. The maximum atomic E-state index is 11.2. The Morgan fingerprint density at radius 3 is 2.10 bits per heavy atom. The van der Waals surface area contributed by atoms with E-state index in [0.717, 1.165) is 51.4 Å². The van der Waals surface area contributed by atoms with Crippen molar-refractivity contribution >= 4 is 11.9 Å². The van der Waals surface area contributed by atoms with Crippen LogP contribution in [0.1, 0.15) is 84.5 Å². The van der Waals surface area contributed by atoms with E-state index in [2.05, 4.69) is 13.8 Å². The molecule has 4 nitrogen and oxygen atoms in total. The van der Waals surface area contributed by atoms with E-state index in [-0.39, 0.29) is 12.3 Å². The number of aliphatic carboxylic acids is 2. The van der Waals surface area contributed by atoms with E-state index < -0.39 is 11.9 Å². The highest BCUT2D eigenvalue weighted by molar-refractivity contribution is 5.67. The van der Waals surface area contributed by atoms with Crippen LogP contribution in [0.25, 0.3) is 0 Å². The fraction of sp³-hybridized carbons (Fsp3) is 0.882. The Balaban J connectivity index is 3.95. The molecule has 124 valence electrons. The second-order valence-electron chi connectivity index (χ2n) is 5.99. The Bertz CT molecular complexity index is 289. The minimum Gasteiger partial charge on any atom is -0.550 e. The van der Waals surface area contributed by atoms with Gasteiger partial charge in [-0.25, -0.2) is 0 Å². The summed E-state index contributed by atoms with van der Waals surface area (Å²) in [6.07, 6.45) is 9.03. The van der Waals surface area contributed by atoms with Crippen molar-refractivity contribution < 1.29 is 19.8 Å². The molecule has 0 aliphatic heterocycles. The van der Waals surface area contributed by atoms with E-state index in [0.29, 0.717) is 18.8 Å². The third kappa shape index (κ3) is 11.3. The predicted octanol–water partition coefficient (Wildman–Crippen LogP) is 2.05. The first-order valence-electron chi connectivity index (χ1n) is 8.41. The number of carboxylic acid groups (broad SMARTS) is 2. The highest BCUT2D eigenvalue weighted by Crippen LogP contribution is 2.25. The number of rotatable bonds is 14. The van der Waals surface area contributed by atoms with Crippen molar-refractivity contribution in [3.8, 4) is 0 Å². The molecular formula is C17H30O4-2. The third-order valence-corrected chi connectivity index (χ3v) is 4.18. The molecule has 0 bridgehead atoms. The number of carbonyl (C=O) groups is 2. The minimum atomic E-state index is -1.01. The summed E-state index contributed by atoms with van der Waals surface area (Å²) < 4.78 is 0. The first-order chi connectivity index (χ1) is 10.0. The highest BCUT2D eigenvalue weighted by atomic mass is 16.4. The largest absolute Gasteiger partial charge is 0.550 e. The molecule has 4 heteroatoms. The normalized spacial score (nSPS) is 13.8. The first-order valence-corrected chi connectivity index (χ1v) is 8.41. The van der Waals surface area contributed by atoms with Crippen molar-refractivity contribution in [3.63, 3.8) is 0 Å². The van der Waals surface area contributed by atoms with Crippen molar-refractivity contribution in [2.24, 2.45) is 11.8 Å². The molecule has 0 saturated carbocycles. The fourth-order valence-corrected chi connectivity index (χ4v) is 2.73. The number of hydrogen-bond acceptors (Lipinski definition) is 4. The van der Waals surface area contributed by atoms with Crippen LogP contribution in [0.5, 0.6) is 0 Å². The molecule has 2 atom stereocenters. The molecule has 0 spiro atoms. The van der Waals surface area contributed by atoms with Gasteiger partial charge < -0.3 is 19.8 Å². The van der Waals surface area contributed by atoms with Gasteiger partial charge in [0.15, 0.2) is 0 Å². The number of unbranched alkanes of at least 4 members (excludes halogenated alkanes) is 4. The van der Waals surface area contributed by atoms with Crippen LogP contribution in [0.15, 0.2) is 0 Å². The molecule has 0 fully saturated rings. The maximum absolute atomic E-state index is 11.2. The van der Waals surface area contributed by atoms with Gasteiger partial charge in [0.2, 0.25) is 0 Å². The van der Waals surface area contributed by atoms with Gasteiger partial charge in [-0.3, -0.25) is 0 Å². The SMILES string of the molecule is CCCCC(CC)CC(CCCCCCC(=O)[O-])C(=O)[O-]. The smallest absolute Gasteiger partial charge is 0.0445 e. The zero-order valence-corrected chi connectivity index (χ0v) is 13.6. The standard InChI is InChI=1S/C17H32O4/c1-3-5-10-14(4-2)13-15(17(20)21)11-8-6-7-9-12-16(18)19/h14-15H,3-13H2,1-2H3,(H,18,19)(H,20,21)/p-2. The Labute approximate surface area is 128 Å². The molecule has 0 amide bonds. The van der Waals surface area contributed by atoms with Crippen molar-refractivity contribution in [1.29, 1.82) is 0 Å². The van der Waals surface area contributed by atoms with Crippen LogP contribution < -0.4 is 10.2 Å². The van der Waals surface area contributed by atoms with Crippen molar-refractivity contribution in [2.45, 2.75) is 84.5 Å². The zero-order valence-electron chi connectivity index (χ0n) is 13.6. The van der Waals surface area contributed by atoms with Crippen LogP contribution in [-0.4, -0.2) is 11.9 Å². The molecule has 0 aromatic heterocycles. The molecule has 0 aromatic rings. The Kier molecular flexibility index (Phi) is 12.0. The Hall–Kier alpha value is -1.06. The molecule has 0 heterocycles. The van der Waals surface area contributed by atoms with Crippen molar-refractivity contribution in [2.75, 3.05) is 0 Å². The second kappa shape index (κ2) is 12.7. The van der Waals surface area contributed by atoms with Gasteiger partial charge in [0, 0.05) is 11.9 Å². The summed E-state index contributed by atoms with van der Waals surface area (Å²) in [5.41, 5.74) is 0. The van der Waals surface area contributed by atoms with Gasteiger partial charge in [0.05, 0.1) is 0 Å². The van der Waals surface area contributed by atoms with E-state index in [9.17, 15) is 19.8 Å². The van der Waals surface area contributed by atoms with Crippen LogP contribution >= 0.6 is 0 Å². The summed E-state index contributed by atoms with van der Waals surface area (Å²) in [6.45, 7) is 4.27. The van der Waals surface area contributed by atoms with Gasteiger partial charge in [0.1, 0.15) is 0 Å². The molecule has 0 radical (unpaired) electrons. The first kappa shape index (κ1) is 19.9. The van der Waals surface area contributed by atoms with Crippen molar-refractivity contribution in [1.82, 2.24) is 0 Å². The van der Waals surface area contributed by atoms with Crippen LogP contribution in [-0.2, 0) is 9.59 Å². The molecular weight excluding hydrogens is 268 g/mol. The summed E-state index contributed by atoms with van der Waals surface area (Å²) in [4.78, 5) is 21.5. The van der Waals surface area contributed by atoms with Gasteiger partial charge in [-0.05, 0) is 37.5 Å².